The largest absolute Gasteiger partial charge is 0.507 e. The number of hydrogen-bond acceptors (Lipinski definition) is 4. The van der Waals surface area contributed by atoms with Crippen molar-refractivity contribution in [2.75, 3.05) is 0 Å². The molecule has 0 saturated carbocycles. The van der Waals surface area contributed by atoms with Crippen LogP contribution in [0.3, 0.4) is 0 Å². The van der Waals surface area contributed by atoms with Crippen molar-refractivity contribution in [3.8, 4) is 23.0 Å². The molecule has 0 atom stereocenters. The van der Waals surface area contributed by atoms with Crippen molar-refractivity contribution >= 4 is 5.97 Å². The van der Waals surface area contributed by atoms with Gasteiger partial charge in [0, 0.05) is 29.2 Å². The fraction of sp³-hybridized carbons (Fsp3) is 0.292. The molecule has 1 aliphatic rings. The summed E-state index contributed by atoms with van der Waals surface area (Å²) in [7, 11) is 0. The van der Waals surface area contributed by atoms with E-state index in [-0.39, 0.29) is 17.1 Å². The van der Waals surface area contributed by atoms with Gasteiger partial charge in [-0.2, -0.15) is 0 Å². The molecule has 0 aliphatic carbocycles. The Balaban J connectivity index is 2.13. The summed E-state index contributed by atoms with van der Waals surface area (Å²) in [6.07, 6.45) is 5.12. The van der Waals surface area contributed by atoms with Crippen molar-refractivity contribution in [1.82, 2.24) is 0 Å². The average molecular weight is 394 g/mol. The first-order chi connectivity index (χ1) is 13.7. The Hall–Kier alpha value is -3.21. The van der Waals surface area contributed by atoms with Gasteiger partial charge in [0.2, 0.25) is 0 Å². The van der Waals surface area contributed by atoms with Gasteiger partial charge in [-0.15, -0.1) is 0 Å². The highest BCUT2D eigenvalue weighted by Gasteiger charge is 2.27. The molecule has 0 unspecified atom stereocenters. The average Bonchev–Trinajstić information content (AvgIpc) is 2.64. The van der Waals surface area contributed by atoms with Gasteiger partial charge in [0.05, 0.1) is 5.56 Å². The molecule has 0 spiro atoms. The van der Waals surface area contributed by atoms with Gasteiger partial charge >= 0.3 is 5.97 Å². The van der Waals surface area contributed by atoms with Crippen LogP contribution in [0.1, 0.15) is 60.3 Å². The third-order valence-electron chi connectivity index (χ3n) is 5.07. The molecular weight excluding hydrogens is 368 g/mol. The molecule has 152 valence electrons. The molecule has 29 heavy (non-hydrogen) atoms. The quantitative estimate of drug-likeness (QED) is 0.497. The number of aromatic hydroxyl groups is 2. The van der Waals surface area contributed by atoms with Crippen LogP contribution in [-0.4, -0.2) is 21.3 Å². The molecule has 0 radical (unpaired) electrons. The van der Waals surface area contributed by atoms with Crippen LogP contribution in [0, 0.1) is 0 Å². The highest BCUT2D eigenvalue weighted by Crippen LogP contribution is 2.47. The summed E-state index contributed by atoms with van der Waals surface area (Å²) in [5.74, 6) is -0.0683. The van der Waals surface area contributed by atoms with E-state index in [0.717, 1.165) is 16.7 Å². The highest BCUT2D eigenvalue weighted by molar-refractivity contribution is 5.90. The molecule has 0 fully saturated rings. The first-order valence-corrected chi connectivity index (χ1v) is 9.58. The number of benzene rings is 2. The van der Waals surface area contributed by atoms with Gasteiger partial charge in [0.25, 0.3) is 0 Å². The van der Waals surface area contributed by atoms with E-state index < -0.39 is 5.97 Å². The number of phenols is 2. The minimum Gasteiger partial charge on any atom is -0.507 e. The minimum absolute atomic E-state index is 0.00274. The van der Waals surface area contributed by atoms with Crippen LogP contribution >= 0.6 is 0 Å². The number of ether oxygens (including phenoxy) is 1. The van der Waals surface area contributed by atoms with Gasteiger partial charge in [-0.1, -0.05) is 23.3 Å². The third-order valence-corrected chi connectivity index (χ3v) is 5.07. The van der Waals surface area contributed by atoms with Gasteiger partial charge in [0.1, 0.15) is 23.0 Å². The lowest BCUT2D eigenvalue weighted by Gasteiger charge is -2.25. The summed E-state index contributed by atoms with van der Waals surface area (Å²) < 4.78 is 5.95. The maximum Gasteiger partial charge on any atom is 0.335 e. The Labute approximate surface area is 170 Å². The molecular formula is C24H26O5. The van der Waals surface area contributed by atoms with Gasteiger partial charge < -0.3 is 20.1 Å². The lowest BCUT2D eigenvalue weighted by molar-refractivity contribution is 0.0695. The highest BCUT2D eigenvalue weighted by atomic mass is 16.5. The van der Waals surface area contributed by atoms with Crippen molar-refractivity contribution in [3.63, 3.8) is 0 Å². The van der Waals surface area contributed by atoms with E-state index in [4.69, 9.17) is 4.74 Å². The van der Waals surface area contributed by atoms with Crippen LogP contribution in [0.25, 0.3) is 0 Å². The van der Waals surface area contributed by atoms with Crippen molar-refractivity contribution in [2.45, 2.75) is 47.0 Å². The molecule has 0 amide bonds. The first kappa shape index (κ1) is 20.5. The number of carbonyl (C=O) groups is 1. The zero-order chi connectivity index (χ0) is 21.3. The van der Waals surface area contributed by atoms with Crippen LogP contribution in [0.5, 0.6) is 23.0 Å². The van der Waals surface area contributed by atoms with E-state index in [1.54, 1.807) is 12.1 Å². The van der Waals surface area contributed by atoms with E-state index in [2.05, 4.69) is 0 Å². The number of aromatic carboxylic acids is 1. The predicted molar refractivity (Wildman–Crippen MR) is 112 cm³/mol. The molecule has 1 heterocycles. The lowest BCUT2D eigenvalue weighted by Crippen LogP contribution is -2.12. The molecule has 0 saturated heterocycles. The van der Waals surface area contributed by atoms with E-state index >= 15 is 0 Å². The van der Waals surface area contributed by atoms with Crippen LogP contribution < -0.4 is 4.74 Å². The summed E-state index contributed by atoms with van der Waals surface area (Å²) >= 11 is 0. The number of carboxylic acid groups (broad SMARTS) is 1. The molecule has 2 aromatic rings. The number of rotatable bonds is 5. The summed E-state index contributed by atoms with van der Waals surface area (Å²) in [5, 5.41) is 30.8. The fourth-order valence-electron chi connectivity index (χ4n) is 3.48. The van der Waals surface area contributed by atoms with Gasteiger partial charge in [-0.3, -0.25) is 0 Å². The maximum atomic E-state index is 11.8. The first-order valence-electron chi connectivity index (χ1n) is 9.58. The van der Waals surface area contributed by atoms with Crippen molar-refractivity contribution in [3.05, 3.63) is 69.3 Å². The molecule has 0 bridgehead atoms. The predicted octanol–water partition coefficient (Wildman–Crippen LogP) is 5.51. The van der Waals surface area contributed by atoms with Crippen molar-refractivity contribution in [1.29, 1.82) is 0 Å². The number of hydrogen-bond donors (Lipinski definition) is 3. The topological polar surface area (TPSA) is 87.0 Å². The van der Waals surface area contributed by atoms with Gasteiger partial charge in [-0.25, -0.2) is 4.79 Å². The van der Waals surface area contributed by atoms with Crippen LogP contribution in [0.2, 0.25) is 0 Å². The Morgan fingerprint density at radius 1 is 0.966 bits per heavy atom. The maximum absolute atomic E-state index is 11.8. The molecule has 1 aliphatic heterocycles. The lowest BCUT2D eigenvalue weighted by atomic mass is 9.89. The number of allylic oxidation sites excluding steroid dienone is 4. The Morgan fingerprint density at radius 2 is 1.59 bits per heavy atom. The second-order valence-corrected chi connectivity index (χ2v) is 7.82. The number of phenolic OH excluding ortho intramolecular Hbond substituents is 2. The minimum atomic E-state index is -0.991. The Morgan fingerprint density at radius 3 is 2.17 bits per heavy atom. The SMILES string of the molecule is CC(C)=CCc1c(O)cc2c(c1O)Cc1c(ccc(C(=O)O)c1CC=C(C)C)O2. The van der Waals surface area contributed by atoms with Gasteiger partial charge in [-0.05, 0) is 58.2 Å². The molecule has 3 N–H and O–H groups in total. The monoisotopic (exact) mass is 394 g/mol. The zero-order valence-electron chi connectivity index (χ0n) is 17.2. The van der Waals surface area contributed by atoms with Crippen LogP contribution in [0.15, 0.2) is 41.5 Å². The summed E-state index contributed by atoms with van der Waals surface area (Å²) in [4.78, 5) is 11.8. The molecule has 0 aromatic heterocycles. The number of fused-ring (bicyclic) bond motifs is 2. The normalized spacial score (nSPS) is 11.7. The Bertz CT molecular complexity index is 1040. The summed E-state index contributed by atoms with van der Waals surface area (Å²) in [6.45, 7) is 7.83. The van der Waals surface area contributed by atoms with E-state index in [0.29, 0.717) is 47.5 Å². The number of carboxylic acids is 1. The summed E-state index contributed by atoms with van der Waals surface area (Å²) in [6, 6.07) is 4.70. The van der Waals surface area contributed by atoms with Crippen molar-refractivity contribution < 1.29 is 24.9 Å². The summed E-state index contributed by atoms with van der Waals surface area (Å²) in [5.41, 5.74) is 4.84. The smallest absolute Gasteiger partial charge is 0.335 e. The van der Waals surface area contributed by atoms with E-state index in [1.165, 1.54) is 6.07 Å². The molecule has 3 rings (SSSR count). The van der Waals surface area contributed by atoms with Crippen LogP contribution in [0.4, 0.5) is 0 Å². The van der Waals surface area contributed by atoms with E-state index in [9.17, 15) is 20.1 Å². The fourth-order valence-corrected chi connectivity index (χ4v) is 3.48. The molecule has 2 aromatic carbocycles. The zero-order valence-corrected chi connectivity index (χ0v) is 17.2. The standard InChI is InChI=1S/C24H26O5/c1-13(2)5-7-15-16(24(27)28)9-10-21-18(15)11-19-22(29-21)12-20(25)17(23(19)26)8-6-14(3)4/h5-6,9-10,12,25-26H,7-8,11H2,1-4H3,(H,27,28). The van der Waals surface area contributed by atoms with Crippen molar-refractivity contribution in [2.24, 2.45) is 0 Å². The second kappa shape index (κ2) is 8.03. The molecule has 5 heteroatoms. The Kier molecular flexibility index (Phi) is 5.69. The second-order valence-electron chi connectivity index (χ2n) is 7.82. The van der Waals surface area contributed by atoms with Gasteiger partial charge in [0.15, 0.2) is 0 Å². The van der Waals surface area contributed by atoms with E-state index in [1.807, 2.05) is 39.8 Å². The molecule has 5 nitrogen and oxygen atoms in total. The van der Waals surface area contributed by atoms with Crippen LogP contribution in [-0.2, 0) is 19.3 Å². The third kappa shape index (κ3) is 4.14.